The molecule has 1 saturated heterocycles. The summed E-state index contributed by atoms with van der Waals surface area (Å²) in [5.41, 5.74) is 8.70. The number of benzene rings is 1. The van der Waals surface area contributed by atoms with Crippen LogP contribution in [0.4, 0.5) is 0 Å². The summed E-state index contributed by atoms with van der Waals surface area (Å²) in [4.78, 5) is 0. The molecule has 2 nitrogen and oxygen atoms in total. The van der Waals surface area contributed by atoms with Gasteiger partial charge in [-0.15, -0.1) is 0 Å². The van der Waals surface area contributed by atoms with E-state index in [9.17, 15) is 0 Å². The zero-order valence-electron chi connectivity index (χ0n) is 8.79. The Morgan fingerprint density at radius 1 is 1.43 bits per heavy atom. The first kappa shape index (κ1) is 9.69. The molecule has 0 amide bonds. The highest BCUT2D eigenvalue weighted by Gasteiger charge is 2.43. The highest BCUT2D eigenvalue weighted by molar-refractivity contribution is 5.33. The highest BCUT2D eigenvalue weighted by atomic mass is 16.5. The quantitative estimate of drug-likeness (QED) is 0.770. The van der Waals surface area contributed by atoms with Crippen molar-refractivity contribution in [3.8, 4) is 0 Å². The topological polar surface area (TPSA) is 35.2 Å². The van der Waals surface area contributed by atoms with Crippen LogP contribution < -0.4 is 5.73 Å². The maximum atomic E-state index is 6.03. The third-order valence-corrected chi connectivity index (χ3v) is 3.18. The van der Waals surface area contributed by atoms with Crippen LogP contribution in [0.2, 0.25) is 0 Å². The van der Waals surface area contributed by atoms with E-state index in [1.54, 1.807) is 0 Å². The van der Waals surface area contributed by atoms with Crippen molar-refractivity contribution in [1.29, 1.82) is 0 Å². The second kappa shape index (κ2) is 3.37. The lowest BCUT2D eigenvalue weighted by Crippen LogP contribution is -2.57. The van der Waals surface area contributed by atoms with Crippen LogP contribution in [0.5, 0.6) is 0 Å². The van der Waals surface area contributed by atoms with Gasteiger partial charge in [0.1, 0.15) is 0 Å². The number of hydrogen-bond acceptors (Lipinski definition) is 2. The van der Waals surface area contributed by atoms with E-state index in [1.165, 1.54) is 11.1 Å². The zero-order chi connectivity index (χ0) is 10.2. The van der Waals surface area contributed by atoms with Crippen molar-refractivity contribution >= 4 is 0 Å². The summed E-state index contributed by atoms with van der Waals surface area (Å²) in [5.74, 6) is 0. The minimum absolute atomic E-state index is 0.0615. The van der Waals surface area contributed by atoms with Gasteiger partial charge in [-0.25, -0.2) is 0 Å². The highest BCUT2D eigenvalue weighted by Crippen LogP contribution is 2.35. The maximum Gasteiger partial charge on any atom is 0.0600 e. The van der Waals surface area contributed by atoms with Gasteiger partial charge in [0.2, 0.25) is 0 Å². The molecule has 1 aliphatic rings. The number of nitrogens with two attached hydrogens (primary N) is 1. The summed E-state index contributed by atoms with van der Waals surface area (Å²) in [7, 11) is 0. The fraction of sp³-hybridized carbons (Fsp3) is 0.500. The Morgan fingerprint density at radius 2 is 2.14 bits per heavy atom. The second-order valence-electron chi connectivity index (χ2n) is 4.31. The van der Waals surface area contributed by atoms with Gasteiger partial charge in [0, 0.05) is 6.04 Å². The standard InChI is InChI=1S/C12H17NO/c1-9-4-3-5-11(6-9)12(10(2)13)7-14-8-12/h3-6,10H,7-8,13H2,1-2H3. The van der Waals surface area contributed by atoms with Crippen molar-refractivity contribution < 1.29 is 4.74 Å². The molecule has 1 aromatic rings. The first-order valence-corrected chi connectivity index (χ1v) is 5.06. The zero-order valence-corrected chi connectivity index (χ0v) is 8.79. The van der Waals surface area contributed by atoms with Crippen molar-refractivity contribution in [2.45, 2.75) is 25.3 Å². The second-order valence-corrected chi connectivity index (χ2v) is 4.31. The van der Waals surface area contributed by atoms with Gasteiger partial charge in [-0.3, -0.25) is 0 Å². The molecule has 0 radical (unpaired) electrons. The van der Waals surface area contributed by atoms with Gasteiger partial charge in [0.05, 0.1) is 18.6 Å². The molecule has 2 rings (SSSR count). The molecule has 1 aromatic carbocycles. The molecule has 2 N–H and O–H groups in total. The van der Waals surface area contributed by atoms with E-state index in [4.69, 9.17) is 10.5 Å². The molecule has 1 heterocycles. The van der Waals surface area contributed by atoms with Crippen LogP contribution >= 0.6 is 0 Å². The average molecular weight is 191 g/mol. The summed E-state index contributed by atoms with van der Waals surface area (Å²) in [6, 6.07) is 8.72. The van der Waals surface area contributed by atoms with Gasteiger partial charge in [-0.2, -0.15) is 0 Å². The van der Waals surface area contributed by atoms with E-state index in [1.807, 2.05) is 0 Å². The van der Waals surface area contributed by atoms with Gasteiger partial charge in [0.25, 0.3) is 0 Å². The molecule has 0 spiro atoms. The van der Waals surface area contributed by atoms with Gasteiger partial charge in [0.15, 0.2) is 0 Å². The van der Waals surface area contributed by atoms with Gasteiger partial charge in [-0.1, -0.05) is 29.8 Å². The number of hydrogen-bond donors (Lipinski definition) is 1. The summed E-state index contributed by atoms with van der Waals surface area (Å²) >= 11 is 0. The molecule has 0 aliphatic carbocycles. The first-order valence-electron chi connectivity index (χ1n) is 5.06. The molecule has 76 valence electrons. The van der Waals surface area contributed by atoms with Crippen LogP contribution in [0.15, 0.2) is 24.3 Å². The van der Waals surface area contributed by atoms with Gasteiger partial charge in [-0.05, 0) is 19.4 Å². The Kier molecular flexibility index (Phi) is 2.33. The van der Waals surface area contributed by atoms with Crippen molar-refractivity contribution in [2.75, 3.05) is 13.2 Å². The van der Waals surface area contributed by atoms with Crippen molar-refractivity contribution in [2.24, 2.45) is 5.73 Å². The Hall–Kier alpha value is -0.860. The fourth-order valence-electron chi connectivity index (χ4n) is 1.97. The third-order valence-electron chi connectivity index (χ3n) is 3.18. The Balaban J connectivity index is 2.37. The Morgan fingerprint density at radius 3 is 2.57 bits per heavy atom. The molecule has 0 aromatic heterocycles. The normalized spacial score (nSPS) is 21.4. The molecule has 1 atom stereocenters. The largest absolute Gasteiger partial charge is 0.379 e. The predicted octanol–water partition coefficient (Wildman–Crippen LogP) is 1.61. The predicted molar refractivity (Wildman–Crippen MR) is 57.3 cm³/mol. The summed E-state index contributed by atoms with van der Waals surface area (Å²) in [6.07, 6.45) is 0. The lowest BCUT2D eigenvalue weighted by molar-refractivity contribution is -0.0701. The van der Waals surface area contributed by atoms with E-state index in [0.717, 1.165) is 13.2 Å². The van der Waals surface area contributed by atoms with Crippen LogP contribution in [0.25, 0.3) is 0 Å². The monoisotopic (exact) mass is 191 g/mol. The molecule has 14 heavy (non-hydrogen) atoms. The van der Waals surface area contributed by atoms with E-state index < -0.39 is 0 Å². The van der Waals surface area contributed by atoms with E-state index >= 15 is 0 Å². The van der Waals surface area contributed by atoms with Crippen molar-refractivity contribution in [1.82, 2.24) is 0 Å². The van der Waals surface area contributed by atoms with E-state index in [0.29, 0.717) is 0 Å². The Labute approximate surface area is 85.1 Å². The summed E-state index contributed by atoms with van der Waals surface area (Å²) in [6.45, 7) is 5.69. The minimum atomic E-state index is 0.0615. The third kappa shape index (κ3) is 1.35. The van der Waals surface area contributed by atoms with Crippen LogP contribution in [-0.4, -0.2) is 19.3 Å². The van der Waals surface area contributed by atoms with Crippen LogP contribution in [0.3, 0.4) is 0 Å². The number of rotatable bonds is 2. The molecule has 2 heteroatoms. The smallest absolute Gasteiger partial charge is 0.0600 e. The van der Waals surface area contributed by atoms with Crippen LogP contribution in [0.1, 0.15) is 18.1 Å². The number of ether oxygens (including phenoxy) is 1. The van der Waals surface area contributed by atoms with E-state index in [2.05, 4.69) is 38.1 Å². The fourth-order valence-corrected chi connectivity index (χ4v) is 1.97. The lowest BCUT2D eigenvalue weighted by Gasteiger charge is -2.45. The lowest BCUT2D eigenvalue weighted by atomic mass is 9.73. The molecule has 0 saturated carbocycles. The molecule has 1 unspecified atom stereocenters. The molecular weight excluding hydrogens is 174 g/mol. The van der Waals surface area contributed by atoms with Crippen LogP contribution in [0, 0.1) is 6.92 Å². The maximum absolute atomic E-state index is 6.03. The minimum Gasteiger partial charge on any atom is -0.379 e. The van der Waals surface area contributed by atoms with E-state index in [-0.39, 0.29) is 11.5 Å². The van der Waals surface area contributed by atoms with Gasteiger partial charge >= 0.3 is 0 Å². The molecule has 1 aliphatic heterocycles. The first-order chi connectivity index (χ1) is 6.65. The molecule has 1 fully saturated rings. The summed E-state index contributed by atoms with van der Waals surface area (Å²) in [5, 5.41) is 0. The Bertz CT molecular complexity index is 329. The molecule has 0 bridgehead atoms. The summed E-state index contributed by atoms with van der Waals surface area (Å²) < 4.78 is 5.31. The molecular formula is C12H17NO. The van der Waals surface area contributed by atoms with Gasteiger partial charge < -0.3 is 10.5 Å². The number of aryl methyl sites for hydroxylation is 1. The van der Waals surface area contributed by atoms with Crippen LogP contribution in [-0.2, 0) is 10.2 Å². The SMILES string of the molecule is Cc1cccc(C2(C(C)N)COC2)c1. The van der Waals surface area contributed by atoms with Crippen molar-refractivity contribution in [3.05, 3.63) is 35.4 Å². The average Bonchev–Trinajstić information content (AvgIpc) is 2.00. The van der Waals surface area contributed by atoms with Crippen molar-refractivity contribution in [3.63, 3.8) is 0 Å².